The van der Waals surface area contributed by atoms with Gasteiger partial charge in [-0.2, -0.15) is 11.3 Å². The maximum Gasteiger partial charge on any atom is 0.314 e. The molecule has 0 aliphatic heterocycles. The van der Waals surface area contributed by atoms with Gasteiger partial charge in [0.1, 0.15) is 0 Å². The maximum atomic E-state index is 11.6. The molecule has 0 aliphatic carbocycles. The molecule has 5 heteroatoms. The summed E-state index contributed by atoms with van der Waals surface area (Å²) in [5.74, 6) is 0. The number of aryl methyl sites for hydroxylation is 1. The predicted octanol–water partition coefficient (Wildman–Crippen LogP) is 3.10. The third-order valence-electron chi connectivity index (χ3n) is 3.40. The lowest BCUT2D eigenvalue weighted by molar-refractivity contribution is 0.167. The van der Waals surface area contributed by atoms with E-state index in [2.05, 4.69) is 22.8 Å². The van der Waals surface area contributed by atoms with Crippen LogP contribution in [0.5, 0.6) is 0 Å². The minimum Gasteiger partial charge on any atom is -0.388 e. The van der Waals surface area contributed by atoms with Gasteiger partial charge >= 0.3 is 6.03 Å². The molecule has 3 N–H and O–H groups in total. The van der Waals surface area contributed by atoms with Crippen LogP contribution in [-0.2, 0) is 6.42 Å². The summed E-state index contributed by atoms with van der Waals surface area (Å²) in [5, 5.41) is 19.4. The Labute approximate surface area is 135 Å². The van der Waals surface area contributed by atoms with Crippen molar-refractivity contribution in [2.24, 2.45) is 0 Å². The molecule has 0 fully saturated rings. The fourth-order valence-corrected chi connectivity index (χ4v) is 2.86. The second-order valence-electron chi connectivity index (χ2n) is 5.13. The van der Waals surface area contributed by atoms with E-state index < -0.39 is 6.10 Å². The van der Waals surface area contributed by atoms with E-state index in [-0.39, 0.29) is 6.03 Å². The van der Waals surface area contributed by atoms with Crippen LogP contribution in [0, 0.1) is 0 Å². The van der Waals surface area contributed by atoms with Gasteiger partial charge in [0, 0.05) is 13.1 Å². The molecule has 1 heterocycles. The van der Waals surface area contributed by atoms with Gasteiger partial charge < -0.3 is 15.7 Å². The van der Waals surface area contributed by atoms with Gasteiger partial charge in [-0.15, -0.1) is 0 Å². The van der Waals surface area contributed by atoms with Crippen LogP contribution in [0.4, 0.5) is 4.79 Å². The minimum atomic E-state index is -0.510. The second kappa shape index (κ2) is 9.23. The summed E-state index contributed by atoms with van der Waals surface area (Å²) in [6, 6.07) is 11.9. The van der Waals surface area contributed by atoms with Crippen molar-refractivity contribution in [1.82, 2.24) is 10.6 Å². The molecule has 1 unspecified atom stereocenters. The number of hydrogen-bond acceptors (Lipinski definition) is 3. The van der Waals surface area contributed by atoms with E-state index in [9.17, 15) is 9.90 Å². The fourth-order valence-electron chi connectivity index (χ4n) is 2.16. The summed E-state index contributed by atoms with van der Waals surface area (Å²) in [6.07, 6.45) is 1.88. The molecule has 2 amide bonds. The van der Waals surface area contributed by atoms with Gasteiger partial charge in [-0.05, 0) is 47.2 Å². The van der Waals surface area contributed by atoms with Crippen LogP contribution in [0.25, 0.3) is 0 Å². The molecule has 0 saturated carbocycles. The molecule has 1 aromatic heterocycles. The summed E-state index contributed by atoms with van der Waals surface area (Å²) >= 11 is 1.56. The molecule has 1 atom stereocenters. The number of amides is 2. The standard InChI is InChI=1S/C17H22N2O2S/c20-16(15-9-12-22-13-15)8-11-19-17(21)18-10-4-7-14-5-2-1-3-6-14/h1-3,5-6,9,12-13,16,20H,4,7-8,10-11H2,(H2,18,19,21). The first-order chi connectivity index (χ1) is 10.8. The van der Waals surface area contributed by atoms with Crippen molar-refractivity contribution in [3.05, 3.63) is 58.3 Å². The average Bonchev–Trinajstić information content (AvgIpc) is 3.07. The zero-order valence-electron chi connectivity index (χ0n) is 12.5. The number of aliphatic hydroxyl groups is 1. The van der Waals surface area contributed by atoms with Crippen molar-refractivity contribution < 1.29 is 9.90 Å². The zero-order valence-corrected chi connectivity index (χ0v) is 13.3. The fraction of sp³-hybridized carbons (Fsp3) is 0.353. The number of aliphatic hydroxyl groups excluding tert-OH is 1. The largest absolute Gasteiger partial charge is 0.388 e. The molecule has 118 valence electrons. The van der Waals surface area contributed by atoms with E-state index in [0.29, 0.717) is 19.5 Å². The van der Waals surface area contributed by atoms with E-state index in [0.717, 1.165) is 18.4 Å². The molecule has 0 saturated heterocycles. The van der Waals surface area contributed by atoms with Crippen LogP contribution in [-0.4, -0.2) is 24.2 Å². The molecule has 22 heavy (non-hydrogen) atoms. The number of benzene rings is 1. The number of hydrogen-bond donors (Lipinski definition) is 3. The van der Waals surface area contributed by atoms with E-state index in [1.807, 2.05) is 35.0 Å². The van der Waals surface area contributed by atoms with Gasteiger partial charge in [-0.3, -0.25) is 0 Å². The van der Waals surface area contributed by atoms with Crippen molar-refractivity contribution >= 4 is 17.4 Å². The van der Waals surface area contributed by atoms with Gasteiger partial charge in [0.15, 0.2) is 0 Å². The Balaban J connectivity index is 1.53. The SMILES string of the molecule is O=C(NCCCc1ccccc1)NCCC(O)c1ccsc1. The van der Waals surface area contributed by atoms with E-state index in [4.69, 9.17) is 0 Å². The predicted molar refractivity (Wildman–Crippen MR) is 90.1 cm³/mol. The molecule has 0 aliphatic rings. The number of carbonyl (C=O) groups excluding carboxylic acids is 1. The highest BCUT2D eigenvalue weighted by atomic mass is 32.1. The maximum absolute atomic E-state index is 11.6. The lowest BCUT2D eigenvalue weighted by Crippen LogP contribution is -2.37. The Hall–Kier alpha value is -1.85. The quantitative estimate of drug-likeness (QED) is 0.655. The lowest BCUT2D eigenvalue weighted by atomic mass is 10.1. The van der Waals surface area contributed by atoms with Gasteiger partial charge in [0.05, 0.1) is 6.10 Å². The first-order valence-electron chi connectivity index (χ1n) is 7.51. The Morgan fingerprint density at radius 2 is 1.91 bits per heavy atom. The summed E-state index contributed by atoms with van der Waals surface area (Å²) < 4.78 is 0. The van der Waals surface area contributed by atoms with Gasteiger partial charge in [0.2, 0.25) is 0 Å². The highest BCUT2D eigenvalue weighted by Gasteiger charge is 2.08. The highest BCUT2D eigenvalue weighted by molar-refractivity contribution is 7.07. The van der Waals surface area contributed by atoms with Gasteiger partial charge in [-0.1, -0.05) is 30.3 Å². The van der Waals surface area contributed by atoms with Crippen LogP contribution < -0.4 is 10.6 Å². The third-order valence-corrected chi connectivity index (χ3v) is 4.10. The molecule has 0 spiro atoms. The second-order valence-corrected chi connectivity index (χ2v) is 5.91. The molecule has 2 aromatic rings. The summed E-state index contributed by atoms with van der Waals surface area (Å²) in [6.45, 7) is 1.11. The van der Waals surface area contributed by atoms with E-state index in [1.54, 1.807) is 11.3 Å². The number of rotatable bonds is 8. The summed E-state index contributed by atoms with van der Waals surface area (Å²) in [4.78, 5) is 11.6. The zero-order chi connectivity index (χ0) is 15.6. The molecular formula is C17H22N2O2S. The lowest BCUT2D eigenvalue weighted by Gasteiger charge is -2.11. The number of nitrogens with one attached hydrogen (secondary N) is 2. The normalized spacial score (nSPS) is 11.9. The summed E-state index contributed by atoms with van der Waals surface area (Å²) in [7, 11) is 0. The first-order valence-corrected chi connectivity index (χ1v) is 8.46. The van der Waals surface area contributed by atoms with Crippen molar-refractivity contribution in [1.29, 1.82) is 0 Å². The van der Waals surface area contributed by atoms with Crippen LogP contribution in [0.2, 0.25) is 0 Å². The highest BCUT2D eigenvalue weighted by Crippen LogP contribution is 2.18. The number of carbonyl (C=O) groups is 1. The van der Waals surface area contributed by atoms with Crippen LogP contribution in [0.3, 0.4) is 0 Å². The Bertz CT molecular complexity index is 543. The van der Waals surface area contributed by atoms with Crippen LogP contribution in [0.15, 0.2) is 47.2 Å². The van der Waals surface area contributed by atoms with Crippen molar-refractivity contribution in [2.75, 3.05) is 13.1 Å². The Morgan fingerprint density at radius 1 is 1.14 bits per heavy atom. The van der Waals surface area contributed by atoms with Crippen molar-refractivity contribution in [3.8, 4) is 0 Å². The van der Waals surface area contributed by atoms with E-state index >= 15 is 0 Å². The van der Waals surface area contributed by atoms with Crippen molar-refractivity contribution in [3.63, 3.8) is 0 Å². The van der Waals surface area contributed by atoms with Crippen molar-refractivity contribution in [2.45, 2.75) is 25.4 Å². The van der Waals surface area contributed by atoms with Gasteiger partial charge in [-0.25, -0.2) is 4.79 Å². The molecular weight excluding hydrogens is 296 g/mol. The first kappa shape index (κ1) is 16.5. The van der Waals surface area contributed by atoms with Gasteiger partial charge in [0.25, 0.3) is 0 Å². The van der Waals surface area contributed by atoms with Crippen LogP contribution >= 0.6 is 11.3 Å². The third kappa shape index (κ3) is 5.87. The number of thiophene rings is 1. The average molecular weight is 318 g/mol. The molecule has 4 nitrogen and oxygen atoms in total. The molecule has 0 radical (unpaired) electrons. The summed E-state index contributed by atoms with van der Waals surface area (Å²) in [5.41, 5.74) is 2.19. The Kier molecular flexibility index (Phi) is 6.93. The smallest absolute Gasteiger partial charge is 0.314 e. The Morgan fingerprint density at radius 3 is 2.64 bits per heavy atom. The number of urea groups is 1. The topological polar surface area (TPSA) is 61.4 Å². The molecule has 0 bridgehead atoms. The van der Waals surface area contributed by atoms with E-state index in [1.165, 1.54) is 5.56 Å². The molecule has 1 aromatic carbocycles. The monoisotopic (exact) mass is 318 g/mol. The minimum absolute atomic E-state index is 0.175. The molecule has 2 rings (SSSR count). The van der Waals surface area contributed by atoms with Crippen LogP contribution in [0.1, 0.15) is 30.1 Å².